The van der Waals surface area contributed by atoms with E-state index >= 15 is 0 Å². The number of carbonyl (C=O) groups is 3. The van der Waals surface area contributed by atoms with Crippen molar-refractivity contribution in [3.8, 4) is 0 Å². The summed E-state index contributed by atoms with van der Waals surface area (Å²) in [6.07, 6.45) is 4.19. The average Bonchev–Trinajstić information content (AvgIpc) is 3.28. The second kappa shape index (κ2) is 12.5. The van der Waals surface area contributed by atoms with Crippen molar-refractivity contribution in [2.24, 2.45) is 22.7 Å². The van der Waals surface area contributed by atoms with E-state index < -0.39 is 11.6 Å². The highest BCUT2D eigenvalue weighted by Gasteiger charge is 2.60. The third kappa shape index (κ3) is 7.16. The molecule has 3 aliphatic rings. The zero-order valence-electron chi connectivity index (χ0n) is 27.6. The maximum absolute atomic E-state index is 13.8. The molecule has 1 spiro atoms. The number of halogens is 2. The van der Waals surface area contributed by atoms with Crippen LogP contribution in [0.4, 0.5) is 4.39 Å². The molecule has 0 N–H and O–H groups in total. The molecule has 1 aliphatic carbocycles. The molecule has 2 atom stereocenters. The molecule has 250 valence electrons. The SMILES string of the molecule is CC(C)(C)OC(=O)c1c(Br)cccc1COCC1CN(C(=O)c2cnn(Cc3ccc(F)cc3)c2)CC12CN(C(=O)[C@H]1CC1(C)C)C2. The predicted molar refractivity (Wildman–Crippen MR) is 177 cm³/mol. The van der Waals surface area contributed by atoms with Crippen molar-refractivity contribution in [3.63, 3.8) is 0 Å². The van der Waals surface area contributed by atoms with Gasteiger partial charge in [-0.15, -0.1) is 0 Å². The Morgan fingerprint density at radius 1 is 1.04 bits per heavy atom. The lowest BCUT2D eigenvalue weighted by Gasteiger charge is -2.51. The van der Waals surface area contributed by atoms with E-state index in [2.05, 4.69) is 34.9 Å². The maximum Gasteiger partial charge on any atom is 0.340 e. The van der Waals surface area contributed by atoms with Gasteiger partial charge in [-0.2, -0.15) is 5.10 Å². The Hall–Kier alpha value is -3.57. The van der Waals surface area contributed by atoms with Crippen molar-refractivity contribution >= 4 is 33.7 Å². The van der Waals surface area contributed by atoms with Gasteiger partial charge in [0.05, 0.1) is 37.1 Å². The van der Waals surface area contributed by atoms with Gasteiger partial charge in [-0.3, -0.25) is 14.3 Å². The van der Waals surface area contributed by atoms with Crippen LogP contribution in [-0.4, -0.2) is 75.8 Å². The van der Waals surface area contributed by atoms with E-state index in [-0.39, 0.29) is 46.9 Å². The van der Waals surface area contributed by atoms with Gasteiger partial charge in [0.25, 0.3) is 5.91 Å². The summed E-state index contributed by atoms with van der Waals surface area (Å²) in [4.78, 5) is 43.8. The number of nitrogens with zero attached hydrogens (tertiary/aromatic N) is 4. The van der Waals surface area contributed by atoms with Crippen LogP contribution in [0, 0.1) is 28.5 Å². The van der Waals surface area contributed by atoms with Crippen molar-refractivity contribution in [2.45, 2.75) is 59.8 Å². The van der Waals surface area contributed by atoms with Crippen LogP contribution in [0.15, 0.2) is 59.3 Å². The Morgan fingerprint density at radius 2 is 1.72 bits per heavy atom. The molecule has 3 fully saturated rings. The quantitative estimate of drug-likeness (QED) is 0.255. The van der Waals surface area contributed by atoms with Crippen LogP contribution in [0.3, 0.4) is 0 Å². The Morgan fingerprint density at radius 3 is 2.38 bits per heavy atom. The molecular weight excluding hydrogens is 667 g/mol. The van der Waals surface area contributed by atoms with Gasteiger partial charge in [-0.1, -0.05) is 38.1 Å². The highest BCUT2D eigenvalue weighted by atomic mass is 79.9. The summed E-state index contributed by atoms with van der Waals surface area (Å²) in [7, 11) is 0. The van der Waals surface area contributed by atoms with E-state index in [0.29, 0.717) is 60.5 Å². The molecule has 3 heterocycles. The molecule has 11 heteroatoms. The molecule has 6 rings (SSSR count). The fourth-order valence-corrected chi connectivity index (χ4v) is 7.40. The average molecular weight is 710 g/mol. The molecule has 2 aliphatic heterocycles. The first-order chi connectivity index (χ1) is 22.1. The highest BCUT2D eigenvalue weighted by Crippen LogP contribution is 2.54. The summed E-state index contributed by atoms with van der Waals surface area (Å²) in [5.74, 6) is -0.594. The largest absolute Gasteiger partial charge is 0.456 e. The second-order valence-corrected chi connectivity index (χ2v) is 15.9. The maximum atomic E-state index is 13.8. The van der Waals surface area contributed by atoms with Crippen molar-refractivity contribution in [1.29, 1.82) is 0 Å². The number of amides is 2. The van der Waals surface area contributed by atoms with Gasteiger partial charge in [-0.25, -0.2) is 9.18 Å². The van der Waals surface area contributed by atoms with Crippen molar-refractivity contribution in [3.05, 3.63) is 87.4 Å². The molecule has 1 saturated carbocycles. The Kier molecular flexibility index (Phi) is 8.84. The van der Waals surface area contributed by atoms with Crippen molar-refractivity contribution in [1.82, 2.24) is 19.6 Å². The molecule has 0 radical (unpaired) electrons. The number of ether oxygens (including phenoxy) is 2. The zero-order valence-corrected chi connectivity index (χ0v) is 29.2. The molecule has 47 heavy (non-hydrogen) atoms. The van der Waals surface area contributed by atoms with E-state index in [1.54, 1.807) is 35.3 Å². The zero-order chi connectivity index (χ0) is 33.7. The molecule has 2 amide bonds. The van der Waals surface area contributed by atoms with Gasteiger partial charge < -0.3 is 19.3 Å². The molecule has 9 nitrogen and oxygen atoms in total. The van der Waals surface area contributed by atoms with Crippen LogP contribution < -0.4 is 0 Å². The molecular formula is C36H42BrFN4O5. The van der Waals surface area contributed by atoms with E-state index in [4.69, 9.17) is 9.47 Å². The second-order valence-electron chi connectivity index (χ2n) is 15.0. The van der Waals surface area contributed by atoms with Crippen LogP contribution in [0.2, 0.25) is 0 Å². The first-order valence-electron chi connectivity index (χ1n) is 16.1. The smallest absolute Gasteiger partial charge is 0.340 e. The first-order valence-corrected chi connectivity index (χ1v) is 16.9. The molecule has 2 aromatic carbocycles. The summed E-state index contributed by atoms with van der Waals surface area (Å²) < 4.78 is 27.6. The van der Waals surface area contributed by atoms with Crippen LogP contribution >= 0.6 is 15.9 Å². The lowest BCUT2D eigenvalue weighted by atomic mass is 9.71. The van der Waals surface area contributed by atoms with E-state index in [1.807, 2.05) is 42.7 Å². The van der Waals surface area contributed by atoms with Crippen LogP contribution in [0.1, 0.15) is 72.9 Å². The highest BCUT2D eigenvalue weighted by molar-refractivity contribution is 9.10. The van der Waals surface area contributed by atoms with Crippen LogP contribution in [0.5, 0.6) is 0 Å². The van der Waals surface area contributed by atoms with Gasteiger partial charge in [-0.05, 0) is 77.9 Å². The minimum absolute atomic E-state index is 0.00546. The van der Waals surface area contributed by atoms with Crippen molar-refractivity contribution in [2.75, 3.05) is 32.8 Å². The summed E-state index contributed by atoms with van der Waals surface area (Å²) in [6.45, 7) is 12.9. The van der Waals surface area contributed by atoms with E-state index in [0.717, 1.165) is 12.0 Å². The third-order valence-electron chi connectivity index (χ3n) is 9.65. The van der Waals surface area contributed by atoms with E-state index in [1.165, 1.54) is 12.1 Å². The van der Waals surface area contributed by atoms with Crippen LogP contribution in [0.25, 0.3) is 0 Å². The number of hydrogen-bond donors (Lipinski definition) is 0. The first kappa shape index (κ1) is 33.3. The number of likely N-dealkylation sites (tertiary alicyclic amines) is 2. The molecule has 1 unspecified atom stereocenters. The summed E-state index contributed by atoms with van der Waals surface area (Å²) >= 11 is 3.51. The number of aromatic nitrogens is 2. The summed E-state index contributed by atoms with van der Waals surface area (Å²) in [6, 6.07) is 11.7. The minimum atomic E-state index is -0.641. The van der Waals surface area contributed by atoms with Gasteiger partial charge in [0.2, 0.25) is 5.91 Å². The van der Waals surface area contributed by atoms with Gasteiger partial charge in [0.1, 0.15) is 11.4 Å². The predicted octanol–water partition coefficient (Wildman–Crippen LogP) is 5.95. The lowest BCUT2D eigenvalue weighted by Crippen LogP contribution is -2.63. The number of hydrogen-bond acceptors (Lipinski definition) is 6. The Balaban J connectivity index is 1.15. The Bertz CT molecular complexity index is 1670. The molecule has 1 aromatic heterocycles. The van der Waals surface area contributed by atoms with Gasteiger partial charge in [0.15, 0.2) is 0 Å². The fraction of sp³-hybridized carbons (Fsp3) is 0.500. The number of esters is 1. The number of benzene rings is 2. The minimum Gasteiger partial charge on any atom is -0.456 e. The van der Waals surface area contributed by atoms with Crippen LogP contribution in [-0.2, 0) is 27.4 Å². The Labute approximate surface area is 283 Å². The monoisotopic (exact) mass is 708 g/mol. The molecule has 2 saturated heterocycles. The van der Waals surface area contributed by atoms with Gasteiger partial charge in [0, 0.05) is 54.1 Å². The molecule has 0 bridgehead atoms. The third-order valence-corrected chi connectivity index (χ3v) is 10.3. The summed E-state index contributed by atoms with van der Waals surface area (Å²) in [5.41, 5.74) is 1.63. The number of carbonyl (C=O) groups excluding carboxylic acids is 3. The topological polar surface area (TPSA) is 94.0 Å². The van der Waals surface area contributed by atoms with Crippen molar-refractivity contribution < 1.29 is 28.2 Å². The molecule has 3 aromatic rings. The summed E-state index contributed by atoms with van der Waals surface area (Å²) in [5, 5.41) is 4.38. The van der Waals surface area contributed by atoms with Gasteiger partial charge >= 0.3 is 5.97 Å². The lowest BCUT2D eigenvalue weighted by molar-refractivity contribution is -0.148. The van der Waals surface area contributed by atoms with E-state index in [9.17, 15) is 18.8 Å². The standard InChI is InChI=1S/C36H42BrFN4O5/c1-34(2,3)47-33(45)30-24(7-6-8-29(30)37)18-46-19-26-17-40(20-36(26)21-41(22-36)32(44)28-13-35(28,4)5)31(43)25-14-39-42(16-25)15-23-9-11-27(38)12-10-23/h6-12,14,16,26,28H,13,15,17-22H2,1-5H3/t26?,28-/m1/s1. The fourth-order valence-electron chi connectivity index (χ4n) is 6.83. The number of rotatable bonds is 9. The normalized spacial score (nSPS) is 21.1.